The highest BCUT2D eigenvalue weighted by Crippen LogP contribution is 2.60. The first-order valence-corrected chi connectivity index (χ1v) is 11.3. The van der Waals surface area contributed by atoms with Crippen molar-refractivity contribution in [1.82, 2.24) is 10.2 Å². The van der Waals surface area contributed by atoms with Crippen molar-refractivity contribution in [1.29, 1.82) is 0 Å². The van der Waals surface area contributed by atoms with Gasteiger partial charge in [0.25, 0.3) is 0 Å². The lowest BCUT2D eigenvalue weighted by Gasteiger charge is -2.55. The van der Waals surface area contributed by atoms with Crippen LogP contribution in [-0.4, -0.2) is 49.7 Å². The SMILES string of the molecule is O=C(NCC(Cc1ccccc1)N1CCOCC1)C12CC3CC(CC(C3)C1)C2. The molecular weight excluding hydrogens is 348 g/mol. The lowest BCUT2D eigenvalue weighted by atomic mass is 9.49. The molecule has 4 nitrogen and oxygen atoms in total. The molecule has 5 fully saturated rings. The largest absolute Gasteiger partial charge is 0.379 e. The van der Waals surface area contributed by atoms with Gasteiger partial charge in [-0.05, 0) is 68.3 Å². The van der Waals surface area contributed by atoms with Crippen molar-refractivity contribution in [2.75, 3.05) is 32.8 Å². The Morgan fingerprint density at radius 3 is 2.25 bits per heavy atom. The lowest BCUT2D eigenvalue weighted by molar-refractivity contribution is -0.146. The minimum atomic E-state index is -0.0446. The van der Waals surface area contributed by atoms with Gasteiger partial charge in [-0.2, -0.15) is 0 Å². The topological polar surface area (TPSA) is 41.6 Å². The molecular formula is C24H34N2O2. The minimum Gasteiger partial charge on any atom is -0.379 e. The van der Waals surface area contributed by atoms with Crippen LogP contribution < -0.4 is 5.32 Å². The van der Waals surface area contributed by atoms with E-state index in [1.165, 1.54) is 24.8 Å². The average molecular weight is 383 g/mol. The van der Waals surface area contributed by atoms with Crippen LogP contribution in [0.2, 0.25) is 0 Å². The van der Waals surface area contributed by atoms with Crippen LogP contribution in [0.5, 0.6) is 0 Å². The van der Waals surface area contributed by atoms with E-state index in [0.29, 0.717) is 11.9 Å². The van der Waals surface area contributed by atoms with Crippen LogP contribution in [0.4, 0.5) is 0 Å². The molecule has 4 saturated carbocycles. The summed E-state index contributed by atoms with van der Waals surface area (Å²) in [7, 11) is 0. The van der Waals surface area contributed by atoms with Gasteiger partial charge in [-0.1, -0.05) is 30.3 Å². The summed E-state index contributed by atoms with van der Waals surface area (Å²) < 4.78 is 5.56. The molecule has 152 valence electrons. The Morgan fingerprint density at radius 1 is 1.04 bits per heavy atom. The third kappa shape index (κ3) is 3.73. The van der Waals surface area contributed by atoms with E-state index < -0.39 is 0 Å². The summed E-state index contributed by atoms with van der Waals surface area (Å²) >= 11 is 0. The summed E-state index contributed by atoms with van der Waals surface area (Å²) in [6.45, 7) is 4.29. The van der Waals surface area contributed by atoms with E-state index in [0.717, 1.165) is 76.3 Å². The summed E-state index contributed by atoms with van der Waals surface area (Å²) in [5, 5.41) is 3.44. The number of rotatable bonds is 6. The Bertz CT molecular complexity index is 648. The lowest BCUT2D eigenvalue weighted by Crippen LogP contribution is -2.56. The third-order valence-electron chi connectivity index (χ3n) is 7.89. The highest BCUT2D eigenvalue weighted by atomic mass is 16.5. The first kappa shape index (κ1) is 18.6. The fourth-order valence-corrected chi connectivity index (χ4v) is 6.95. The molecule has 0 aromatic heterocycles. The maximum Gasteiger partial charge on any atom is 0.226 e. The molecule has 1 aromatic rings. The van der Waals surface area contributed by atoms with E-state index >= 15 is 0 Å². The van der Waals surface area contributed by atoms with Crippen LogP contribution in [0.1, 0.15) is 44.1 Å². The number of amides is 1. The highest BCUT2D eigenvalue weighted by Gasteiger charge is 2.54. The van der Waals surface area contributed by atoms with E-state index in [2.05, 4.69) is 40.5 Å². The van der Waals surface area contributed by atoms with Gasteiger partial charge < -0.3 is 10.1 Å². The Labute approximate surface area is 169 Å². The van der Waals surface area contributed by atoms with Crippen molar-refractivity contribution in [3.63, 3.8) is 0 Å². The molecule has 1 aromatic carbocycles. The zero-order valence-corrected chi connectivity index (χ0v) is 16.9. The maximum atomic E-state index is 13.4. The number of carbonyl (C=O) groups excluding carboxylic acids is 1. The fourth-order valence-electron chi connectivity index (χ4n) is 6.95. The number of carbonyl (C=O) groups is 1. The quantitative estimate of drug-likeness (QED) is 0.821. The smallest absolute Gasteiger partial charge is 0.226 e. The van der Waals surface area contributed by atoms with Crippen LogP contribution >= 0.6 is 0 Å². The van der Waals surface area contributed by atoms with Gasteiger partial charge in [-0.25, -0.2) is 0 Å². The van der Waals surface area contributed by atoms with Crippen LogP contribution in [0.15, 0.2) is 30.3 Å². The summed E-state index contributed by atoms with van der Waals surface area (Å²) in [4.78, 5) is 15.9. The Morgan fingerprint density at radius 2 is 1.64 bits per heavy atom. The fraction of sp³-hybridized carbons (Fsp3) is 0.708. The number of benzene rings is 1. The molecule has 1 saturated heterocycles. The number of hydrogen-bond acceptors (Lipinski definition) is 3. The molecule has 4 heteroatoms. The van der Waals surface area contributed by atoms with Gasteiger partial charge >= 0.3 is 0 Å². The molecule has 1 amide bonds. The van der Waals surface area contributed by atoms with Gasteiger partial charge in [0.15, 0.2) is 0 Å². The van der Waals surface area contributed by atoms with E-state index in [-0.39, 0.29) is 5.41 Å². The molecule has 4 aliphatic carbocycles. The zero-order valence-electron chi connectivity index (χ0n) is 16.9. The summed E-state index contributed by atoms with van der Waals surface area (Å²) in [6, 6.07) is 11.0. The summed E-state index contributed by atoms with van der Waals surface area (Å²) in [5.74, 6) is 2.81. The second-order valence-corrected chi connectivity index (χ2v) is 9.90. The molecule has 1 heterocycles. The molecule has 5 aliphatic rings. The number of ether oxygens (including phenoxy) is 1. The van der Waals surface area contributed by atoms with E-state index in [1.807, 2.05) is 0 Å². The molecule has 6 rings (SSSR count). The molecule has 4 bridgehead atoms. The van der Waals surface area contributed by atoms with Gasteiger partial charge in [0.05, 0.1) is 13.2 Å². The van der Waals surface area contributed by atoms with E-state index in [9.17, 15) is 4.79 Å². The van der Waals surface area contributed by atoms with E-state index in [1.54, 1.807) is 0 Å². The van der Waals surface area contributed by atoms with Gasteiger partial charge in [0, 0.05) is 31.1 Å². The van der Waals surface area contributed by atoms with Gasteiger partial charge in [0.1, 0.15) is 0 Å². The predicted octanol–water partition coefficient (Wildman–Crippen LogP) is 3.26. The Hall–Kier alpha value is -1.39. The zero-order chi connectivity index (χ0) is 19.0. The number of hydrogen-bond donors (Lipinski definition) is 1. The molecule has 1 N–H and O–H groups in total. The molecule has 0 spiro atoms. The van der Waals surface area contributed by atoms with Crippen molar-refractivity contribution in [2.24, 2.45) is 23.2 Å². The summed E-state index contributed by atoms with van der Waals surface area (Å²) in [5.41, 5.74) is 1.31. The second kappa shape index (κ2) is 7.79. The standard InChI is InChI=1S/C24H34N2O2/c27-23(24-14-19-10-20(15-24)12-21(11-19)16-24)25-17-22(26-6-8-28-9-7-26)13-18-4-2-1-3-5-18/h1-5,19-22H,6-17H2,(H,25,27). The second-order valence-electron chi connectivity index (χ2n) is 9.90. The van der Waals surface area contributed by atoms with Gasteiger partial charge in [-0.15, -0.1) is 0 Å². The normalized spacial score (nSPS) is 35.6. The summed E-state index contributed by atoms with van der Waals surface area (Å²) in [6.07, 6.45) is 8.58. The van der Waals surface area contributed by atoms with Crippen molar-refractivity contribution >= 4 is 5.91 Å². The molecule has 1 unspecified atom stereocenters. The molecule has 1 aliphatic heterocycles. The van der Waals surface area contributed by atoms with Crippen molar-refractivity contribution in [3.8, 4) is 0 Å². The maximum absolute atomic E-state index is 13.4. The number of morpholine rings is 1. The number of nitrogens with one attached hydrogen (secondary N) is 1. The minimum absolute atomic E-state index is 0.0446. The van der Waals surface area contributed by atoms with Crippen LogP contribution in [0, 0.1) is 23.2 Å². The molecule has 0 radical (unpaired) electrons. The van der Waals surface area contributed by atoms with Crippen molar-refractivity contribution in [3.05, 3.63) is 35.9 Å². The predicted molar refractivity (Wildman–Crippen MR) is 110 cm³/mol. The van der Waals surface area contributed by atoms with Crippen LogP contribution in [-0.2, 0) is 16.0 Å². The van der Waals surface area contributed by atoms with Crippen molar-refractivity contribution < 1.29 is 9.53 Å². The van der Waals surface area contributed by atoms with Crippen molar-refractivity contribution in [2.45, 2.75) is 51.0 Å². The van der Waals surface area contributed by atoms with Crippen LogP contribution in [0.3, 0.4) is 0 Å². The first-order valence-electron chi connectivity index (χ1n) is 11.3. The average Bonchev–Trinajstić information content (AvgIpc) is 2.71. The van der Waals surface area contributed by atoms with E-state index in [4.69, 9.17) is 4.74 Å². The molecule has 1 atom stereocenters. The Balaban J connectivity index is 1.26. The number of nitrogens with zero attached hydrogens (tertiary/aromatic N) is 1. The third-order valence-corrected chi connectivity index (χ3v) is 7.89. The monoisotopic (exact) mass is 382 g/mol. The Kier molecular flexibility index (Phi) is 5.18. The van der Waals surface area contributed by atoms with Crippen LogP contribution in [0.25, 0.3) is 0 Å². The van der Waals surface area contributed by atoms with Gasteiger partial charge in [0.2, 0.25) is 5.91 Å². The first-order chi connectivity index (χ1) is 13.7. The van der Waals surface area contributed by atoms with Gasteiger partial charge in [-0.3, -0.25) is 9.69 Å². The molecule has 28 heavy (non-hydrogen) atoms. The highest BCUT2D eigenvalue weighted by molar-refractivity contribution is 5.83.